The Hall–Kier alpha value is -1.63. The molecule has 0 aromatic carbocycles. The van der Waals surface area contributed by atoms with Crippen LogP contribution < -0.4 is 0 Å². The summed E-state index contributed by atoms with van der Waals surface area (Å²) >= 11 is 0. The molecule has 1 aromatic rings. The monoisotopic (exact) mass is 261 g/mol. The minimum atomic E-state index is -4.66. The lowest BCUT2D eigenvalue weighted by molar-refractivity contribution is -0.155. The van der Waals surface area contributed by atoms with Crippen LogP contribution in [-0.2, 0) is 16.4 Å². The minimum absolute atomic E-state index is 0.213. The molecule has 0 saturated heterocycles. The van der Waals surface area contributed by atoms with E-state index < -0.39 is 29.2 Å². The number of pyridine rings is 1. The highest BCUT2D eigenvalue weighted by molar-refractivity contribution is 5.83. The Labute approximate surface area is 100 Å². The third kappa shape index (κ3) is 1.84. The lowest BCUT2D eigenvalue weighted by atomic mass is 9.62. The molecule has 98 valence electrons. The molecule has 7 heteroatoms. The SMILES string of the molecule is O=C(O)C1(c2ccncc2C(F)(F)F)CC(O)C1. The van der Waals surface area contributed by atoms with E-state index in [1.807, 2.05) is 0 Å². The van der Waals surface area contributed by atoms with Crippen LogP contribution in [0.2, 0.25) is 0 Å². The van der Waals surface area contributed by atoms with Crippen LogP contribution in [0.4, 0.5) is 13.2 Å². The first kappa shape index (κ1) is 12.8. The first-order valence-electron chi connectivity index (χ1n) is 5.20. The number of aliphatic carboxylic acids is 1. The molecule has 1 aliphatic rings. The van der Waals surface area contributed by atoms with E-state index in [-0.39, 0.29) is 18.4 Å². The predicted molar refractivity (Wildman–Crippen MR) is 53.8 cm³/mol. The summed E-state index contributed by atoms with van der Waals surface area (Å²) < 4.78 is 38.4. The van der Waals surface area contributed by atoms with Crippen molar-refractivity contribution in [2.24, 2.45) is 0 Å². The van der Waals surface area contributed by atoms with Crippen molar-refractivity contribution in [1.29, 1.82) is 0 Å². The zero-order chi connectivity index (χ0) is 13.6. The van der Waals surface area contributed by atoms with Gasteiger partial charge in [-0.1, -0.05) is 0 Å². The molecule has 1 saturated carbocycles. The number of aromatic nitrogens is 1. The lowest BCUT2D eigenvalue weighted by Gasteiger charge is -2.43. The molecule has 0 atom stereocenters. The van der Waals surface area contributed by atoms with E-state index in [4.69, 9.17) is 5.11 Å². The molecule has 0 aliphatic heterocycles. The van der Waals surface area contributed by atoms with Gasteiger partial charge in [0.1, 0.15) is 0 Å². The van der Waals surface area contributed by atoms with Crippen LogP contribution in [0.1, 0.15) is 24.0 Å². The molecular formula is C11H10F3NO3. The number of halogens is 3. The highest BCUT2D eigenvalue weighted by atomic mass is 19.4. The maximum Gasteiger partial charge on any atom is 0.418 e. The Bertz CT molecular complexity index is 481. The third-order valence-electron chi connectivity index (χ3n) is 3.22. The number of carboxylic acids is 1. The van der Waals surface area contributed by atoms with E-state index >= 15 is 0 Å². The van der Waals surface area contributed by atoms with Crippen LogP contribution in [0, 0.1) is 0 Å². The van der Waals surface area contributed by atoms with E-state index in [2.05, 4.69) is 4.98 Å². The number of aliphatic hydroxyl groups is 1. The van der Waals surface area contributed by atoms with E-state index in [0.717, 1.165) is 12.3 Å². The van der Waals surface area contributed by atoms with Gasteiger partial charge >= 0.3 is 12.1 Å². The van der Waals surface area contributed by atoms with Crippen molar-refractivity contribution >= 4 is 5.97 Å². The summed E-state index contributed by atoms with van der Waals surface area (Å²) in [7, 11) is 0. The Kier molecular flexibility index (Phi) is 2.81. The van der Waals surface area contributed by atoms with E-state index in [1.54, 1.807) is 0 Å². The van der Waals surface area contributed by atoms with Crippen molar-refractivity contribution in [3.63, 3.8) is 0 Å². The number of aliphatic hydroxyl groups excluding tert-OH is 1. The highest BCUT2D eigenvalue weighted by Gasteiger charge is 2.54. The van der Waals surface area contributed by atoms with E-state index in [0.29, 0.717) is 6.20 Å². The summed E-state index contributed by atoms with van der Waals surface area (Å²) in [6.07, 6.45) is -4.22. The average Bonchev–Trinajstić information content (AvgIpc) is 2.23. The predicted octanol–water partition coefficient (Wildman–Crippen LogP) is 1.58. The van der Waals surface area contributed by atoms with Gasteiger partial charge in [0.05, 0.1) is 17.1 Å². The van der Waals surface area contributed by atoms with Crippen LogP contribution in [0.25, 0.3) is 0 Å². The Balaban J connectivity index is 2.54. The van der Waals surface area contributed by atoms with Crippen molar-refractivity contribution in [3.05, 3.63) is 29.6 Å². The molecule has 0 amide bonds. The van der Waals surface area contributed by atoms with Gasteiger partial charge in [-0.05, 0) is 24.5 Å². The van der Waals surface area contributed by atoms with Gasteiger partial charge in [0.2, 0.25) is 0 Å². The van der Waals surface area contributed by atoms with Crippen molar-refractivity contribution in [2.45, 2.75) is 30.5 Å². The van der Waals surface area contributed by atoms with Gasteiger partial charge in [-0.3, -0.25) is 9.78 Å². The van der Waals surface area contributed by atoms with Crippen LogP contribution in [0.15, 0.2) is 18.5 Å². The van der Waals surface area contributed by atoms with E-state index in [1.165, 1.54) is 0 Å². The minimum Gasteiger partial charge on any atom is -0.481 e. The zero-order valence-electron chi connectivity index (χ0n) is 9.11. The molecular weight excluding hydrogens is 251 g/mol. The van der Waals surface area contributed by atoms with Gasteiger partial charge in [-0.2, -0.15) is 13.2 Å². The van der Waals surface area contributed by atoms with Gasteiger partial charge in [-0.15, -0.1) is 0 Å². The Morgan fingerprint density at radius 1 is 1.44 bits per heavy atom. The fraction of sp³-hybridized carbons (Fsp3) is 0.455. The maximum atomic E-state index is 12.8. The normalized spacial score (nSPS) is 27.7. The molecule has 1 fully saturated rings. The number of nitrogens with zero attached hydrogens (tertiary/aromatic N) is 1. The standard InChI is InChI=1S/C11H10F3NO3/c12-11(13,14)8-5-15-2-1-7(8)10(9(17)18)3-6(16)4-10/h1-2,5-6,16H,3-4H2,(H,17,18). The van der Waals surface area contributed by atoms with Crippen molar-refractivity contribution in [1.82, 2.24) is 4.98 Å². The number of hydrogen-bond donors (Lipinski definition) is 2. The molecule has 4 nitrogen and oxygen atoms in total. The first-order chi connectivity index (χ1) is 8.27. The molecule has 1 aromatic heterocycles. The molecule has 18 heavy (non-hydrogen) atoms. The third-order valence-corrected chi connectivity index (χ3v) is 3.22. The van der Waals surface area contributed by atoms with Gasteiger partial charge in [0.15, 0.2) is 0 Å². The summed E-state index contributed by atoms with van der Waals surface area (Å²) in [4.78, 5) is 14.6. The molecule has 0 bridgehead atoms. The Morgan fingerprint density at radius 3 is 2.50 bits per heavy atom. The lowest BCUT2D eigenvalue weighted by Crippen LogP contribution is -2.51. The summed E-state index contributed by atoms with van der Waals surface area (Å²) in [5.41, 5.74) is -3.05. The summed E-state index contributed by atoms with van der Waals surface area (Å²) in [6.45, 7) is 0. The van der Waals surface area contributed by atoms with Gasteiger partial charge in [0, 0.05) is 12.4 Å². The molecule has 0 spiro atoms. The summed E-state index contributed by atoms with van der Waals surface area (Å²) in [5, 5.41) is 18.4. The molecule has 2 rings (SSSR count). The topological polar surface area (TPSA) is 70.4 Å². The maximum absolute atomic E-state index is 12.8. The number of rotatable bonds is 2. The quantitative estimate of drug-likeness (QED) is 0.847. The van der Waals surface area contributed by atoms with Crippen molar-refractivity contribution in [2.75, 3.05) is 0 Å². The number of hydrogen-bond acceptors (Lipinski definition) is 3. The van der Waals surface area contributed by atoms with Crippen LogP contribution in [0.5, 0.6) is 0 Å². The van der Waals surface area contributed by atoms with Gasteiger partial charge in [0.25, 0.3) is 0 Å². The summed E-state index contributed by atoms with van der Waals surface area (Å²) in [6, 6.07) is 1.06. The number of alkyl halides is 3. The van der Waals surface area contributed by atoms with Crippen molar-refractivity contribution < 1.29 is 28.2 Å². The molecule has 0 radical (unpaired) electrons. The molecule has 1 aliphatic carbocycles. The zero-order valence-corrected chi connectivity index (χ0v) is 9.11. The molecule has 2 N–H and O–H groups in total. The molecule has 0 unspecified atom stereocenters. The van der Waals surface area contributed by atoms with Gasteiger partial charge < -0.3 is 10.2 Å². The Morgan fingerprint density at radius 2 is 2.06 bits per heavy atom. The average molecular weight is 261 g/mol. The van der Waals surface area contributed by atoms with Crippen molar-refractivity contribution in [3.8, 4) is 0 Å². The molecule has 1 heterocycles. The highest BCUT2D eigenvalue weighted by Crippen LogP contribution is 2.48. The fourth-order valence-electron chi connectivity index (χ4n) is 2.29. The largest absolute Gasteiger partial charge is 0.481 e. The van der Waals surface area contributed by atoms with Crippen LogP contribution >= 0.6 is 0 Å². The van der Waals surface area contributed by atoms with Crippen LogP contribution in [-0.4, -0.2) is 27.3 Å². The second kappa shape index (κ2) is 3.94. The summed E-state index contributed by atoms with van der Waals surface area (Å²) in [5.74, 6) is -1.36. The fourth-order valence-corrected chi connectivity index (χ4v) is 2.29. The number of carboxylic acid groups (broad SMARTS) is 1. The smallest absolute Gasteiger partial charge is 0.418 e. The van der Waals surface area contributed by atoms with E-state index in [9.17, 15) is 23.1 Å². The second-order valence-electron chi connectivity index (χ2n) is 4.37. The second-order valence-corrected chi connectivity index (χ2v) is 4.37. The first-order valence-corrected chi connectivity index (χ1v) is 5.20. The van der Waals surface area contributed by atoms with Crippen LogP contribution in [0.3, 0.4) is 0 Å². The number of carbonyl (C=O) groups is 1. The van der Waals surface area contributed by atoms with Gasteiger partial charge in [-0.25, -0.2) is 0 Å².